The van der Waals surface area contributed by atoms with Crippen LogP contribution in [0.25, 0.3) is 0 Å². The van der Waals surface area contributed by atoms with Crippen LogP contribution in [-0.4, -0.2) is 49.7 Å². The van der Waals surface area contributed by atoms with Crippen LogP contribution in [0, 0.1) is 5.41 Å². The van der Waals surface area contributed by atoms with E-state index in [-0.39, 0.29) is 11.3 Å². The van der Waals surface area contributed by atoms with Gasteiger partial charge in [-0.1, -0.05) is 0 Å². The highest BCUT2D eigenvalue weighted by atomic mass is 16.2. The minimum absolute atomic E-state index is 0.0466. The highest BCUT2D eigenvalue weighted by Gasteiger charge is 2.49. The van der Waals surface area contributed by atoms with E-state index in [4.69, 9.17) is 0 Å². The predicted molar refractivity (Wildman–Crippen MR) is 84.8 cm³/mol. The first-order valence-electron chi connectivity index (χ1n) is 7.96. The van der Waals surface area contributed by atoms with Crippen molar-refractivity contribution in [2.45, 2.75) is 25.3 Å². The molecule has 0 unspecified atom stereocenters. The average Bonchev–Trinajstić information content (AvgIpc) is 3.14. The summed E-state index contributed by atoms with van der Waals surface area (Å²) >= 11 is 0. The maximum absolute atomic E-state index is 12.5. The number of anilines is 1. The van der Waals surface area contributed by atoms with Gasteiger partial charge in [-0.05, 0) is 36.8 Å². The van der Waals surface area contributed by atoms with Gasteiger partial charge >= 0.3 is 0 Å². The van der Waals surface area contributed by atoms with Crippen LogP contribution in [0.3, 0.4) is 0 Å². The number of aryl methyl sites for hydroxylation is 1. The molecule has 0 radical (unpaired) electrons. The van der Waals surface area contributed by atoms with E-state index in [0.29, 0.717) is 17.7 Å². The van der Waals surface area contributed by atoms with E-state index in [1.54, 1.807) is 23.1 Å². The Balaban J connectivity index is 1.34. The molecule has 1 spiro atoms. The Labute approximate surface area is 134 Å². The molecule has 1 aliphatic carbocycles. The molecule has 4 rings (SSSR count). The standard InChI is InChI=1S/C16H20N6O/c1-21-7-3-13(20-21)14(23)22-8-4-16(11-22)9-12(10-16)19-15-17-5-2-6-18-15/h2-3,5-7,12H,4,8-11H2,1H3,(H,17,18,19). The Morgan fingerprint density at radius 1 is 1.35 bits per heavy atom. The zero-order chi connectivity index (χ0) is 15.9. The molecular weight excluding hydrogens is 292 g/mol. The number of likely N-dealkylation sites (tertiary alicyclic amines) is 1. The Morgan fingerprint density at radius 2 is 2.13 bits per heavy atom. The summed E-state index contributed by atoms with van der Waals surface area (Å²) in [6.45, 7) is 1.65. The largest absolute Gasteiger partial charge is 0.351 e. The summed E-state index contributed by atoms with van der Waals surface area (Å²) in [6.07, 6.45) is 8.50. The van der Waals surface area contributed by atoms with E-state index >= 15 is 0 Å². The number of amides is 1. The minimum Gasteiger partial charge on any atom is -0.351 e. The van der Waals surface area contributed by atoms with E-state index < -0.39 is 0 Å². The van der Waals surface area contributed by atoms with Crippen molar-refractivity contribution in [2.75, 3.05) is 18.4 Å². The third-order valence-corrected chi connectivity index (χ3v) is 4.92. The Hall–Kier alpha value is -2.44. The number of carbonyl (C=O) groups excluding carboxylic acids is 1. The quantitative estimate of drug-likeness (QED) is 0.925. The van der Waals surface area contributed by atoms with Gasteiger partial charge in [0.1, 0.15) is 5.69 Å². The first-order valence-corrected chi connectivity index (χ1v) is 7.96. The molecule has 1 N–H and O–H groups in total. The lowest BCUT2D eigenvalue weighted by molar-refractivity contribution is 0.0709. The number of nitrogens with zero attached hydrogens (tertiary/aromatic N) is 5. The lowest BCUT2D eigenvalue weighted by Crippen LogP contribution is -2.47. The van der Waals surface area contributed by atoms with Crippen LogP contribution in [0.4, 0.5) is 5.95 Å². The Morgan fingerprint density at radius 3 is 2.83 bits per heavy atom. The third kappa shape index (κ3) is 2.67. The summed E-state index contributed by atoms with van der Waals surface area (Å²) in [5, 5.41) is 7.58. The van der Waals surface area contributed by atoms with E-state index in [0.717, 1.165) is 32.4 Å². The molecule has 2 fully saturated rings. The normalized spacial score (nSPS) is 26.3. The molecule has 120 valence electrons. The van der Waals surface area contributed by atoms with Gasteiger partial charge in [-0.2, -0.15) is 5.10 Å². The van der Waals surface area contributed by atoms with E-state index in [1.165, 1.54) is 0 Å². The monoisotopic (exact) mass is 312 g/mol. The minimum atomic E-state index is 0.0466. The van der Waals surface area contributed by atoms with Crippen molar-refractivity contribution in [2.24, 2.45) is 12.5 Å². The molecule has 2 aliphatic rings. The van der Waals surface area contributed by atoms with Crippen molar-refractivity contribution in [3.05, 3.63) is 36.4 Å². The summed E-state index contributed by atoms with van der Waals surface area (Å²) in [4.78, 5) is 22.8. The molecule has 0 bridgehead atoms. The summed E-state index contributed by atoms with van der Waals surface area (Å²) in [6, 6.07) is 4.00. The number of hydrogen-bond acceptors (Lipinski definition) is 5. The SMILES string of the molecule is Cn1ccc(C(=O)N2CCC3(CC(Nc4ncccn4)C3)C2)n1. The summed E-state index contributed by atoms with van der Waals surface area (Å²) in [7, 11) is 1.83. The van der Waals surface area contributed by atoms with Crippen LogP contribution in [0.2, 0.25) is 0 Å². The fraction of sp³-hybridized carbons (Fsp3) is 0.500. The van der Waals surface area contributed by atoms with Crippen LogP contribution < -0.4 is 5.32 Å². The number of carbonyl (C=O) groups is 1. The van der Waals surface area contributed by atoms with Crippen molar-refractivity contribution in [1.29, 1.82) is 0 Å². The van der Waals surface area contributed by atoms with Gasteiger partial charge in [-0.3, -0.25) is 9.48 Å². The molecule has 1 aliphatic heterocycles. The zero-order valence-corrected chi connectivity index (χ0v) is 13.1. The smallest absolute Gasteiger partial charge is 0.274 e. The van der Waals surface area contributed by atoms with Gasteiger partial charge < -0.3 is 10.2 Å². The van der Waals surface area contributed by atoms with Crippen LogP contribution in [-0.2, 0) is 7.05 Å². The van der Waals surface area contributed by atoms with Gasteiger partial charge in [0.2, 0.25) is 5.95 Å². The average molecular weight is 312 g/mol. The van der Waals surface area contributed by atoms with Crippen molar-refractivity contribution >= 4 is 11.9 Å². The maximum atomic E-state index is 12.5. The maximum Gasteiger partial charge on any atom is 0.274 e. The van der Waals surface area contributed by atoms with Gasteiger partial charge in [0.15, 0.2) is 0 Å². The van der Waals surface area contributed by atoms with Crippen molar-refractivity contribution in [3.63, 3.8) is 0 Å². The second-order valence-electron chi connectivity index (χ2n) is 6.67. The van der Waals surface area contributed by atoms with Crippen molar-refractivity contribution in [3.8, 4) is 0 Å². The highest BCUT2D eigenvalue weighted by molar-refractivity contribution is 5.92. The third-order valence-electron chi connectivity index (χ3n) is 4.92. The number of rotatable bonds is 3. The van der Waals surface area contributed by atoms with Gasteiger partial charge in [-0.15, -0.1) is 0 Å². The summed E-state index contributed by atoms with van der Waals surface area (Å²) < 4.78 is 1.67. The Bertz CT molecular complexity index is 706. The molecule has 7 heteroatoms. The molecule has 3 heterocycles. The molecule has 7 nitrogen and oxygen atoms in total. The Kier molecular flexibility index (Phi) is 3.28. The molecule has 2 aromatic rings. The fourth-order valence-corrected chi connectivity index (χ4v) is 3.78. The number of hydrogen-bond donors (Lipinski definition) is 1. The van der Waals surface area contributed by atoms with E-state index in [1.807, 2.05) is 24.2 Å². The molecule has 1 saturated carbocycles. The van der Waals surface area contributed by atoms with Gasteiger partial charge in [0.25, 0.3) is 5.91 Å². The number of aromatic nitrogens is 4. The first kappa shape index (κ1) is 14.2. The van der Waals surface area contributed by atoms with Crippen LogP contribution >= 0.6 is 0 Å². The van der Waals surface area contributed by atoms with Crippen LogP contribution in [0.1, 0.15) is 29.8 Å². The molecule has 1 saturated heterocycles. The molecule has 23 heavy (non-hydrogen) atoms. The summed E-state index contributed by atoms with van der Waals surface area (Å²) in [5.41, 5.74) is 0.799. The fourth-order valence-electron chi connectivity index (χ4n) is 3.78. The second kappa shape index (κ2) is 5.33. The van der Waals surface area contributed by atoms with E-state index in [9.17, 15) is 4.79 Å². The topological polar surface area (TPSA) is 75.9 Å². The summed E-state index contributed by atoms with van der Waals surface area (Å²) in [5.74, 6) is 0.733. The number of nitrogens with one attached hydrogen (secondary N) is 1. The lowest BCUT2D eigenvalue weighted by atomic mass is 9.65. The van der Waals surface area contributed by atoms with Crippen LogP contribution in [0.5, 0.6) is 0 Å². The molecule has 0 atom stereocenters. The molecule has 1 amide bonds. The molecular formula is C16H20N6O. The van der Waals surface area contributed by atoms with Crippen molar-refractivity contribution < 1.29 is 4.79 Å². The first-order chi connectivity index (χ1) is 11.1. The van der Waals surface area contributed by atoms with Gasteiger partial charge in [0, 0.05) is 44.8 Å². The molecule has 2 aromatic heterocycles. The second-order valence-corrected chi connectivity index (χ2v) is 6.67. The lowest BCUT2D eigenvalue weighted by Gasteiger charge is -2.45. The zero-order valence-electron chi connectivity index (χ0n) is 13.1. The molecule has 0 aromatic carbocycles. The van der Waals surface area contributed by atoms with Gasteiger partial charge in [0.05, 0.1) is 0 Å². The van der Waals surface area contributed by atoms with Crippen molar-refractivity contribution in [1.82, 2.24) is 24.6 Å². The predicted octanol–water partition coefficient (Wildman–Crippen LogP) is 1.32. The van der Waals surface area contributed by atoms with Gasteiger partial charge in [-0.25, -0.2) is 9.97 Å². The van der Waals surface area contributed by atoms with E-state index in [2.05, 4.69) is 20.4 Å². The highest BCUT2D eigenvalue weighted by Crippen LogP contribution is 2.49. The van der Waals surface area contributed by atoms with Crippen LogP contribution in [0.15, 0.2) is 30.7 Å².